The smallest absolute Gasteiger partial charge is 0.166 e. The van der Waals surface area contributed by atoms with Crippen LogP contribution in [0.25, 0.3) is 0 Å². The lowest BCUT2D eigenvalue weighted by Crippen LogP contribution is -1.85. The van der Waals surface area contributed by atoms with Crippen molar-refractivity contribution in [2.24, 2.45) is 0 Å². The second-order valence-corrected chi connectivity index (χ2v) is 1.29. The van der Waals surface area contributed by atoms with E-state index in [0.717, 1.165) is 0 Å². The molecule has 0 aromatic rings. The molecule has 0 aliphatic heterocycles. The van der Waals surface area contributed by atoms with E-state index in [1.54, 1.807) is 0 Å². The molecular formula is C7H10O2. The van der Waals surface area contributed by atoms with Gasteiger partial charge in [-0.1, -0.05) is 0 Å². The summed E-state index contributed by atoms with van der Waals surface area (Å²) in [6.45, 7) is 5.98. The van der Waals surface area contributed by atoms with E-state index in [0.29, 0.717) is 12.4 Å². The maximum absolute atomic E-state index is 4.90. The highest BCUT2D eigenvalue weighted by Crippen LogP contribution is 1.87. The van der Waals surface area contributed by atoms with E-state index in [9.17, 15) is 0 Å². The standard InChI is InChI=1S/C7H10O2/c1-4-9-7(2)5-6-8-3/h2,4H2,1,3H3. The Morgan fingerprint density at radius 2 is 2.33 bits per heavy atom. The first kappa shape index (κ1) is 7.90. The van der Waals surface area contributed by atoms with Crippen molar-refractivity contribution in [2.45, 2.75) is 6.92 Å². The Kier molecular flexibility index (Phi) is 4.43. The zero-order valence-corrected chi connectivity index (χ0v) is 5.73. The molecule has 0 aromatic heterocycles. The van der Waals surface area contributed by atoms with Gasteiger partial charge in [-0.05, 0) is 13.5 Å². The molecule has 0 aliphatic rings. The van der Waals surface area contributed by atoms with Crippen LogP contribution in [0.15, 0.2) is 12.3 Å². The minimum absolute atomic E-state index is 0.444. The summed E-state index contributed by atoms with van der Waals surface area (Å²) in [6, 6.07) is 0. The van der Waals surface area contributed by atoms with Crippen molar-refractivity contribution < 1.29 is 9.47 Å². The van der Waals surface area contributed by atoms with Crippen LogP contribution in [0, 0.1) is 12.0 Å². The largest absolute Gasteiger partial charge is 0.486 e. The molecule has 0 radical (unpaired) electrons. The second-order valence-electron chi connectivity index (χ2n) is 1.29. The van der Waals surface area contributed by atoms with Gasteiger partial charge in [0.1, 0.15) is 6.11 Å². The molecule has 0 atom stereocenters. The lowest BCUT2D eigenvalue weighted by atomic mass is 10.6. The second kappa shape index (κ2) is 5.04. The minimum Gasteiger partial charge on any atom is -0.486 e. The van der Waals surface area contributed by atoms with Gasteiger partial charge in [-0.15, -0.1) is 0 Å². The van der Waals surface area contributed by atoms with Gasteiger partial charge in [0.2, 0.25) is 0 Å². The highest BCUT2D eigenvalue weighted by molar-refractivity contribution is 5.16. The first-order valence-electron chi connectivity index (χ1n) is 2.67. The molecule has 0 aromatic carbocycles. The van der Waals surface area contributed by atoms with Crippen LogP contribution >= 0.6 is 0 Å². The lowest BCUT2D eigenvalue weighted by molar-refractivity contribution is 0.247. The van der Waals surface area contributed by atoms with E-state index in [1.165, 1.54) is 7.11 Å². The summed E-state index contributed by atoms with van der Waals surface area (Å²) in [6.07, 6.45) is 2.36. The molecule has 0 spiro atoms. The quantitative estimate of drug-likeness (QED) is 0.408. The normalized spacial score (nSPS) is 6.89. The summed E-state index contributed by atoms with van der Waals surface area (Å²) in [7, 11) is 1.49. The van der Waals surface area contributed by atoms with Gasteiger partial charge in [0.15, 0.2) is 5.76 Å². The monoisotopic (exact) mass is 126 g/mol. The van der Waals surface area contributed by atoms with E-state index in [2.05, 4.69) is 23.3 Å². The van der Waals surface area contributed by atoms with E-state index in [1.807, 2.05) is 6.92 Å². The first-order chi connectivity index (χ1) is 4.31. The van der Waals surface area contributed by atoms with Crippen molar-refractivity contribution in [1.29, 1.82) is 0 Å². The number of hydrogen-bond acceptors (Lipinski definition) is 2. The molecule has 0 unspecified atom stereocenters. The third kappa shape index (κ3) is 4.76. The van der Waals surface area contributed by atoms with Gasteiger partial charge < -0.3 is 9.47 Å². The molecule has 2 heteroatoms. The van der Waals surface area contributed by atoms with Crippen molar-refractivity contribution in [1.82, 2.24) is 0 Å². The zero-order valence-electron chi connectivity index (χ0n) is 5.73. The van der Waals surface area contributed by atoms with Crippen molar-refractivity contribution in [2.75, 3.05) is 13.7 Å². The number of hydrogen-bond donors (Lipinski definition) is 0. The first-order valence-corrected chi connectivity index (χ1v) is 2.67. The third-order valence-corrected chi connectivity index (χ3v) is 0.611. The maximum atomic E-state index is 4.90. The van der Waals surface area contributed by atoms with Crippen LogP contribution in [0.2, 0.25) is 0 Å². The Bertz CT molecular complexity index is 139. The van der Waals surface area contributed by atoms with E-state index in [4.69, 9.17) is 4.74 Å². The predicted molar refractivity (Wildman–Crippen MR) is 35.6 cm³/mol. The van der Waals surface area contributed by atoms with Crippen LogP contribution in [-0.2, 0) is 9.47 Å². The van der Waals surface area contributed by atoms with Gasteiger partial charge in [-0.3, -0.25) is 0 Å². The van der Waals surface area contributed by atoms with Gasteiger partial charge >= 0.3 is 0 Å². The molecule has 0 saturated heterocycles. The molecule has 0 aliphatic carbocycles. The molecule has 0 amide bonds. The average molecular weight is 126 g/mol. The van der Waals surface area contributed by atoms with Crippen LogP contribution in [-0.4, -0.2) is 13.7 Å². The molecule has 9 heavy (non-hydrogen) atoms. The molecule has 0 heterocycles. The number of ether oxygens (including phenoxy) is 2. The van der Waals surface area contributed by atoms with E-state index >= 15 is 0 Å². The fourth-order valence-corrected chi connectivity index (χ4v) is 0.318. The molecular weight excluding hydrogens is 116 g/mol. The Hall–Kier alpha value is -1.10. The van der Waals surface area contributed by atoms with Crippen molar-refractivity contribution in [3.05, 3.63) is 12.3 Å². The molecule has 50 valence electrons. The SMILES string of the molecule is C=C(C#COC)OCC. The maximum Gasteiger partial charge on any atom is 0.166 e. The third-order valence-electron chi connectivity index (χ3n) is 0.611. The van der Waals surface area contributed by atoms with Gasteiger partial charge in [0, 0.05) is 5.92 Å². The van der Waals surface area contributed by atoms with Crippen LogP contribution in [0.3, 0.4) is 0 Å². The zero-order chi connectivity index (χ0) is 7.11. The van der Waals surface area contributed by atoms with Crippen molar-refractivity contribution in [3.8, 4) is 12.0 Å². The molecule has 0 fully saturated rings. The Labute approximate surface area is 55.5 Å². The predicted octanol–water partition coefficient (Wildman–Crippen LogP) is 1.14. The number of rotatable bonds is 2. The van der Waals surface area contributed by atoms with Crippen LogP contribution < -0.4 is 0 Å². The molecule has 0 saturated carbocycles. The lowest BCUT2D eigenvalue weighted by Gasteiger charge is -1.95. The minimum atomic E-state index is 0.444. The summed E-state index contributed by atoms with van der Waals surface area (Å²) in [4.78, 5) is 0. The highest BCUT2D eigenvalue weighted by Gasteiger charge is 1.81. The highest BCUT2D eigenvalue weighted by atomic mass is 16.5. The molecule has 0 bridgehead atoms. The Balaban J connectivity index is 3.49. The van der Waals surface area contributed by atoms with E-state index in [-0.39, 0.29) is 0 Å². The molecule has 2 nitrogen and oxygen atoms in total. The molecule has 0 N–H and O–H groups in total. The Morgan fingerprint density at radius 3 is 2.78 bits per heavy atom. The summed E-state index contributed by atoms with van der Waals surface area (Å²) < 4.78 is 9.35. The van der Waals surface area contributed by atoms with E-state index < -0.39 is 0 Å². The van der Waals surface area contributed by atoms with Gasteiger partial charge in [0.05, 0.1) is 13.7 Å². The van der Waals surface area contributed by atoms with Crippen molar-refractivity contribution in [3.63, 3.8) is 0 Å². The summed E-state index contributed by atoms with van der Waals surface area (Å²) in [5.74, 6) is 2.99. The Morgan fingerprint density at radius 1 is 1.67 bits per heavy atom. The fourth-order valence-electron chi connectivity index (χ4n) is 0.318. The summed E-state index contributed by atoms with van der Waals surface area (Å²) >= 11 is 0. The van der Waals surface area contributed by atoms with Gasteiger partial charge in [-0.2, -0.15) is 0 Å². The average Bonchev–Trinajstić information content (AvgIpc) is 1.85. The van der Waals surface area contributed by atoms with Crippen LogP contribution in [0.5, 0.6) is 0 Å². The van der Waals surface area contributed by atoms with Crippen LogP contribution in [0.1, 0.15) is 6.92 Å². The fraction of sp³-hybridized carbons (Fsp3) is 0.429. The van der Waals surface area contributed by atoms with Gasteiger partial charge in [-0.25, -0.2) is 0 Å². The number of allylic oxidation sites excluding steroid dienone is 1. The summed E-state index contributed by atoms with van der Waals surface area (Å²) in [5.41, 5.74) is 0. The van der Waals surface area contributed by atoms with Crippen molar-refractivity contribution >= 4 is 0 Å². The van der Waals surface area contributed by atoms with Gasteiger partial charge in [0.25, 0.3) is 0 Å². The topological polar surface area (TPSA) is 18.5 Å². The van der Waals surface area contributed by atoms with Crippen LogP contribution in [0.4, 0.5) is 0 Å². The summed E-state index contributed by atoms with van der Waals surface area (Å²) in [5, 5.41) is 0. The number of methoxy groups -OCH3 is 1. The molecule has 0 rings (SSSR count).